The summed E-state index contributed by atoms with van der Waals surface area (Å²) in [5.74, 6) is 1.23. The summed E-state index contributed by atoms with van der Waals surface area (Å²) in [4.78, 5) is 11.3. The average Bonchev–Trinajstić information content (AvgIpc) is 2.43. The maximum absolute atomic E-state index is 11.3. The van der Waals surface area contributed by atoms with Gasteiger partial charge in [0.15, 0.2) is 0 Å². The zero-order valence-corrected chi connectivity index (χ0v) is 11.8. The Morgan fingerprint density at radius 3 is 2.58 bits per heavy atom. The minimum absolute atomic E-state index is 0.231. The van der Waals surface area contributed by atoms with Gasteiger partial charge in [-0.25, -0.2) is 0 Å². The molecule has 0 aliphatic carbocycles. The monoisotopic (exact) mass is 268 g/mol. The molecule has 0 atom stereocenters. The van der Waals surface area contributed by atoms with E-state index >= 15 is 0 Å². The van der Waals surface area contributed by atoms with Crippen LogP contribution < -0.4 is 4.74 Å². The Labute approximate surface area is 120 Å². The summed E-state index contributed by atoms with van der Waals surface area (Å²) >= 11 is 1.96. The van der Waals surface area contributed by atoms with E-state index in [1.165, 1.54) is 0 Å². The molecule has 92 valence electrons. The van der Waals surface area contributed by atoms with Crippen molar-refractivity contribution in [3.63, 3.8) is 0 Å². The number of carbonyl (C=O) groups is 1. The molecular weight excluding hydrogens is 255 g/mol. The van der Waals surface area contributed by atoms with E-state index in [1.54, 1.807) is 0 Å². The van der Waals surface area contributed by atoms with E-state index in [4.69, 9.17) is 4.74 Å². The van der Waals surface area contributed by atoms with Gasteiger partial charge in [0.25, 0.3) is 0 Å². The number of aryl methyl sites for hydroxylation is 1. The molecule has 2 aromatic carbocycles. The van der Waals surface area contributed by atoms with E-state index in [1.807, 2.05) is 72.1 Å². The first-order valence-electron chi connectivity index (χ1n) is 5.91. The Hall–Kier alpha value is -1.76. The zero-order chi connectivity index (χ0) is 13.7. The first-order chi connectivity index (χ1) is 9.19. The molecule has 0 aliphatic heterocycles. The fourth-order valence-electron chi connectivity index (χ4n) is 1.69. The van der Waals surface area contributed by atoms with Crippen molar-refractivity contribution >= 4 is 22.6 Å². The normalized spacial score (nSPS) is 10.1. The fraction of sp³-hybridized carbons (Fsp3) is 0.133. The molecule has 2 aromatic rings. The first kappa shape index (κ1) is 13.7. The first-order valence-corrected chi connectivity index (χ1v) is 6.38. The van der Waals surface area contributed by atoms with Crippen LogP contribution in [0, 0.1) is 6.92 Å². The zero-order valence-electron chi connectivity index (χ0n) is 10.6. The van der Waals surface area contributed by atoms with Gasteiger partial charge in [0.2, 0.25) is 0 Å². The van der Waals surface area contributed by atoms with Crippen molar-refractivity contribution in [3.05, 3.63) is 59.7 Å². The van der Waals surface area contributed by atoms with Crippen LogP contribution in [-0.2, 0) is 15.0 Å². The molecule has 0 radical (unpaired) electrons. The van der Waals surface area contributed by atoms with E-state index in [0.29, 0.717) is 0 Å². The van der Waals surface area contributed by atoms with E-state index in [9.17, 15) is 4.79 Å². The molecule has 0 spiro atoms. The minimum atomic E-state index is -0.292. The summed E-state index contributed by atoms with van der Waals surface area (Å²) in [5, 5.41) is 0. The summed E-state index contributed by atoms with van der Waals surface area (Å²) in [7, 11) is 0. The number of hydrogen-bond acceptors (Lipinski definition) is 3. The van der Waals surface area contributed by atoms with Crippen LogP contribution in [0.3, 0.4) is 0 Å². The van der Waals surface area contributed by atoms with Crippen LogP contribution >= 0.6 is 0 Å². The van der Waals surface area contributed by atoms with Gasteiger partial charge in [-0.2, -0.15) is 0 Å². The SMILES string of the molecule is Cc1ccc(CC(=O)[O][Al+2])cc1Oc1ccccc1. The topological polar surface area (TPSA) is 35.5 Å². The predicted octanol–water partition coefficient (Wildman–Crippen LogP) is 2.96. The molecule has 0 heterocycles. The Kier molecular flexibility index (Phi) is 4.62. The van der Waals surface area contributed by atoms with E-state index in [2.05, 4.69) is 3.79 Å². The summed E-state index contributed by atoms with van der Waals surface area (Å²) in [6, 6.07) is 15.2. The second-order valence-corrected chi connectivity index (χ2v) is 4.42. The summed E-state index contributed by atoms with van der Waals surface area (Å²) in [5.41, 5.74) is 1.89. The fourth-order valence-corrected chi connectivity index (χ4v) is 1.77. The number of rotatable bonds is 4. The van der Waals surface area contributed by atoms with Gasteiger partial charge in [-0.15, -0.1) is 0 Å². The molecule has 0 unspecified atom stereocenters. The number of ether oxygens (including phenoxy) is 1. The van der Waals surface area contributed by atoms with Crippen molar-refractivity contribution in [2.45, 2.75) is 13.3 Å². The second-order valence-electron chi connectivity index (χ2n) is 4.18. The van der Waals surface area contributed by atoms with Crippen molar-refractivity contribution in [3.8, 4) is 11.5 Å². The molecule has 0 bridgehead atoms. The van der Waals surface area contributed by atoms with Crippen LogP contribution in [0.4, 0.5) is 0 Å². The Morgan fingerprint density at radius 1 is 1.16 bits per heavy atom. The molecule has 0 saturated carbocycles. The van der Waals surface area contributed by atoms with Crippen LogP contribution in [0.2, 0.25) is 0 Å². The Bertz CT molecular complexity index is 567. The molecule has 4 heteroatoms. The summed E-state index contributed by atoms with van der Waals surface area (Å²) in [6.07, 6.45) is 0.231. The van der Waals surface area contributed by atoms with Crippen LogP contribution in [0.25, 0.3) is 0 Å². The number of para-hydroxylation sites is 1. The molecule has 19 heavy (non-hydrogen) atoms. The van der Waals surface area contributed by atoms with Crippen molar-refractivity contribution in [2.24, 2.45) is 0 Å². The van der Waals surface area contributed by atoms with Crippen molar-refractivity contribution in [1.82, 2.24) is 0 Å². The molecule has 0 amide bonds. The molecule has 3 nitrogen and oxygen atoms in total. The van der Waals surface area contributed by atoms with Gasteiger partial charge in [-0.05, 0) is 0 Å². The quantitative estimate of drug-likeness (QED) is 0.800. The van der Waals surface area contributed by atoms with Gasteiger partial charge in [0.05, 0.1) is 0 Å². The molecular formula is C15H13AlO3+2. The average molecular weight is 268 g/mol. The predicted molar refractivity (Wildman–Crippen MR) is 73.2 cm³/mol. The van der Waals surface area contributed by atoms with E-state index < -0.39 is 0 Å². The van der Waals surface area contributed by atoms with Gasteiger partial charge < -0.3 is 0 Å². The van der Waals surface area contributed by atoms with E-state index in [-0.39, 0.29) is 12.4 Å². The van der Waals surface area contributed by atoms with Crippen molar-refractivity contribution in [1.29, 1.82) is 0 Å². The Balaban J connectivity index is 2.20. The van der Waals surface area contributed by atoms with Gasteiger partial charge >= 0.3 is 120 Å². The number of benzene rings is 2. The van der Waals surface area contributed by atoms with Crippen LogP contribution in [-0.4, -0.2) is 22.6 Å². The molecule has 0 fully saturated rings. The van der Waals surface area contributed by atoms with Gasteiger partial charge in [-0.3, -0.25) is 0 Å². The van der Waals surface area contributed by atoms with Crippen molar-refractivity contribution in [2.75, 3.05) is 0 Å². The molecule has 2 rings (SSSR count). The second kappa shape index (κ2) is 6.42. The van der Waals surface area contributed by atoms with Crippen LogP contribution in [0.1, 0.15) is 11.1 Å². The summed E-state index contributed by atoms with van der Waals surface area (Å²) in [6.45, 7) is 1.97. The van der Waals surface area contributed by atoms with Crippen LogP contribution in [0.15, 0.2) is 48.5 Å². The third-order valence-corrected chi connectivity index (χ3v) is 2.97. The number of hydrogen-bond donors (Lipinski definition) is 0. The third kappa shape index (κ3) is 3.85. The summed E-state index contributed by atoms with van der Waals surface area (Å²) < 4.78 is 10.4. The maximum atomic E-state index is 11.3. The van der Waals surface area contributed by atoms with Gasteiger partial charge in [0, 0.05) is 0 Å². The standard InChI is InChI=1S/C15H14O3.Al/c1-11-7-8-12(10-15(16)17)9-14(11)18-13-5-3-2-4-6-13;/h2-9H,10H2,1H3,(H,16,17);/q;+3/p-1. The van der Waals surface area contributed by atoms with Crippen molar-refractivity contribution < 1.29 is 13.3 Å². The molecule has 0 saturated heterocycles. The van der Waals surface area contributed by atoms with Gasteiger partial charge in [-0.1, -0.05) is 0 Å². The van der Waals surface area contributed by atoms with E-state index in [0.717, 1.165) is 22.6 Å². The molecule has 0 aromatic heterocycles. The van der Waals surface area contributed by atoms with Gasteiger partial charge in [0.1, 0.15) is 0 Å². The number of carbonyl (C=O) groups excluding carboxylic acids is 1. The third-order valence-electron chi connectivity index (χ3n) is 2.70. The Morgan fingerprint density at radius 2 is 1.89 bits per heavy atom. The molecule has 0 N–H and O–H groups in total. The molecule has 0 aliphatic rings. The van der Waals surface area contributed by atoms with Crippen LogP contribution in [0.5, 0.6) is 11.5 Å².